The molecule has 2 aromatic carbocycles. The van der Waals surface area contributed by atoms with Crippen molar-refractivity contribution in [3.05, 3.63) is 48.0 Å². The highest BCUT2D eigenvalue weighted by atomic mass is 16.5. The average Bonchev–Trinajstić information content (AvgIpc) is 3.40. The first-order valence-electron chi connectivity index (χ1n) is 8.46. The van der Waals surface area contributed by atoms with Gasteiger partial charge < -0.3 is 20.1 Å². The van der Waals surface area contributed by atoms with Crippen molar-refractivity contribution in [1.29, 1.82) is 0 Å². The maximum Gasteiger partial charge on any atom is 0.255 e. The molecule has 0 bridgehead atoms. The first kappa shape index (κ1) is 17.8. The van der Waals surface area contributed by atoms with Crippen LogP contribution in [0.15, 0.2) is 42.5 Å². The number of benzene rings is 2. The van der Waals surface area contributed by atoms with E-state index in [0.717, 1.165) is 6.42 Å². The highest BCUT2D eigenvalue weighted by molar-refractivity contribution is 6.05. The van der Waals surface area contributed by atoms with Crippen LogP contribution in [0, 0.1) is 11.8 Å². The zero-order valence-electron chi connectivity index (χ0n) is 15.0. The zero-order valence-corrected chi connectivity index (χ0v) is 15.0. The first-order chi connectivity index (χ1) is 12.5. The van der Waals surface area contributed by atoms with E-state index in [4.69, 9.17) is 9.47 Å². The Bertz CT molecular complexity index is 820. The number of rotatable bonds is 6. The maximum absolute atomic E-state index is 12.4. The summed E-state index contributed by atoms with van der Waals surface area (Å²) < 4.78 is 10.8. The van der Waals surface area contributed by atoms with E-state index in [1.165, 1.54) is 14.2 Å². The molecule has 2 atom stereocenters. The van der Waals surface area contributed by atoms with Crippen molar-refractivity contribution in [3.63, 3.8) is 0 Å². The van der Waals surface area contributed by atoms with Crippen molar-refractivity contribution < 1.29 is 19.1 Å². The Hall–Kier alpha value is -3.02. The summed E-state index contributed by atoms with van der Waals surface area (Å²) in [4.78, 5) is 24.6. The monoisotopic (exact) mass is 354 g/mol. The Labute approximate surface area is 152 Å². The highest BCUT2D eigenvalue weighted by Gasteiger charge is 2.39. The van der Waals surface area contributed by atoms with Crippen molar-refractivity contribution >= 4 is 23.2 Å². The van der Waals surface area contributed by atoms with E-state index in [0.29, 0.717) is 34.4 Å². The van der Waals surface area contributed by atoms with E-state index in [1.54, 1.807) is 36.4 Å². The summed E-state index contributed by atoms with van der Waals surface area (Å²) in [5, 5.41) is 5.70. The Morgan fingerprint density at radius 3 is 2.00 bits per heavy atom. The van der Waals surface area contributed by atoms with Crippen molar-refractivity contribution in [2.75, 3.05) is 24.9 Å². The molecule has 3 rings (SSSR count). The summed E-state index contributed by atoms with van der Waals surface area (Å²) in [6.07, 6.45) is 0.899. The predicted molar refractivity (Wildman–Crippen MR) is 99.8 cm³/mol. The van der Waals surface area contributed by atoms with Gasteiger partial charge in [0, 0.05) is 23.6 Å². The molecular weight excluding hydrogens is 332 g/mol. The van der Waals surface area contributed by atoms with E-state index >= 15 is 0 Å². The average molecular weight is 354 g/mol. The second-order valence-corrected chi connectivity index (χ2v) is 6.38. The SMILES string of the molecule is COc1cc(NC(=O)C2CC2C)c(OC)cc1NC(=O)c1ccccc1. The fraction of sp³-hybridized carbons (Fsp3) is 0.300. The van der Waals surface area contributed by atoms with Crippen LogP contribution >= 0.6 is 0 Å². The summed E-state index contributed by atoms with van der Waals surface area (Å²) in [6.45, 7) is 2.05. The lowest BCUT2D eigenvalue weighted by Gasteiger charge is -2.16. The van der Waals surface area contributed by atoms with Crippen molar-refractivity contribution in [2.24, 2.45) is 11.8 Å². The third-order valence-corrected chi connectivity index (χ3v) is 4.51. The zero-order chi connectivity index (χ0) is 18.7. The quantitative estimate of drug-likeness (QED) is 0.832. The van der Waals surface area contributed by atoms with Crippen LogP contribution in [-0.4, -0.2) is 26.0 Å². The second kappa shape index (κ2) is 7.47. The van der Waals surface area contributed by atoms with Crippen LogP contribution in [-0.2, 0) is 4.79 Å². The molecule has 6 heteroatoms. The van der Waals surface area contributed by atoms with Crippen molar-refractivity contribution in [3.8, 4) is 11.5 Å². The third kappa shape index (κ3) is 3.79. The lowest BCUT2D eigenvalue weighted by Crippen LogP contribution is -2.16. The molecule has 0 aromatic heterocycles. The normalized spacial score (nSPS) is 18.0. The van der Waals surface area contributed by atoms with Crippen LogP contribution in [0.25, 0.3) is 0 Å². The summed E-state index contributed by atoms with van der Waals surface area (Å²) in [5.41, 5.74) is 1.52. The summed E-state index contributed by atoms with van der Waals surface area (Å²) in [7, 11) is 3.02. The fourth-order valence-corrected chi connectivity index (χ4v) is 2.79. The smallest absolute Gasteiger partial charge is 0.255 e. The number of nitrogens with one attached hydrogen (secondary N) is 2. The maximum atomic E-state index is 12.4. The molecule has 2 amide bonds. The molecule has 26 heavy (non-hydrogen) atoms. The molecule has 0 heterocycles. The van der Waals surface area contributed by atoms with E-state index < -0.39 is 0 Å². The van der Waals surface area contributed by atoms with Gasteiger partial charge in [0.1, 0.15) is 11.5 Å². The van der Waals surface area contributed by atoms with Gasteiger partial charge in [0.2, 0.25) is 5.91 Å². The minimum atomic E-state index is -0.255. The summed E-state index contributed by atoms with van der Waals surface area (Å²) in [5.74, 6) is 1.06. The number of methoxy groups -OCH3 is 2. The van der Waals surface area contributed by atoms with Gasteiger partial charge in [-0.3, -0.25) is 9.59 Å². The van der Waals surface area contributed by atoms with Gasteiger partial charge in [-0.25, -0.2) is 0 Å². The van der Waals surface area contributed by atoms with Gasteiger partial charge >= 0.3 is 0 Å². The Morgan fingerprint density at radius 1 is 0.962 bits per heavy atom. The molecule has 0 aliphatic heterocycles. The van der Waals surface area contributed by atoms with E-state index in [1.807, 2.05) is 13.0 Å². The number of ether oxygens (including phenoxy) is 2. The van der Waals surface area contributed by atoms with Crippen LogP contribution in [0.1, 0.15) is 23.7 Å². The summed E-state index contributed by atoms with van der Waals surface area (Å²) >= 11 is 0. The lowest BCUT2D eigenvalue weighted by molar-refractivity contribution is -0.117. The largest absolute Gasteiger partial charge is 0.494 e. The molecule has 0 spiro atoms. The minimum absolute atomic E-state index is 0.0288. The van der Waals surface area contributed by atoms with E-state index in [2.05, 4.69) is 10.6 Å². The number of hydrogen-bond donors (Lipinski definition) is 2. The van der Waals surface area contributed by atoms with E-state index in [-0.39, 0.29) is 17.7 Å². The van der Waals surface area contributed by atoms with Gasteiger partial charge in [-0.15, -0.1) is 0 Å². The van der Waals surface area contributed by atoms with Crippen LogP contribution < -0.4 is 20.1 Å². The number of amides is 2. The molecule has 0 saturated heterocycles. The van der Waals surface area contributed by atoms with Gasteiger partial charge in [-0.2, -0.15) is 0 Å². The predicted octanol–water partition coefficient (Wildman–Crippen LogP) is 3.55. The standard InChI is InChI=1S/C20H22N2O4/c1-12-9-14(12)20(24)22-16-11-17(25-2)15(10-18(16)26-3)21-19(23)13-7-5-4-6-8-13/h4-8,10-12,14H,9H2,1-3H3,(H,21,23)(H,22,24). The molecule has 0 radical (unpaired) electrons. The van der Waals surface area contributed by atoms with Gasteiger partial charge in [0.25, 0.3) is 5.91 Å². The van der Waals surface area contributed by atoms with Gasteiger partial charge in [0.05, 0.1) is 25.6 Å². The molecule has 1 aliphatic carbocycles. The Morgan fingerprint density at radius 2 is 1.50 bits per heavy atom. The molecular formula is C20H22N2O4. The topological polar surface area (TPSA) is 76.7 Å². The molecule has 2 N–H and O–H groups in total. The molecule has 136 valence electrons. The number of anilines is 2. The molecule has 2 unspecified atom stereocenters. The Balaban J connectivity index is 1.84. The van der Waals surface area contributed by atoms with Crippen molar-refractivity contribution in [1.82, 2.24) is 0 Å². The van der Waals surface area contributed by atoms with E-state index in [9.17, 15) is 9.59 Å². The molecule has 1 fully saturated rings. The second-order valence-electron chi connectivity index (χ2n) is 6.38. The fourth-order valence-electron chi connectivity index (χ4n) is 2.79. The van der Waals surface area contributed by atoms with Gasteiger partial charge in [0.15, 0.2) is 0 Å². The minimum Gasteiger partial charge on any atom is -0.494 e. The van der Waals surface area contributed by atoms with Gasteiger partial charge in [-0.1, -0.05) is 25.1 Å². The first-order valence-corrected chi connectivity index (χ1v) is 8.46. The molecule has 2 aromatic rings. The highest BCUT2D eigenvalue weighted by Crippen LogP contribution is 2.41. The number of hydrogen-bond acceptors (Lipinski definition) is 4. The van der Waals surface area contributed by atoms with Crippen LogP contribution in [0.2, 0.25) is 0 Å². The molecule has 6 nitrogen and oxygen atoms in total. The lowest BCUT2D eigenvalue weighted by atomic mass is 10.2. The number of carbonyl (C=O) groups is 2. The third-order valence-electron chi connectivity index (χ3n) is 4.51. The number of carbonyl (C=O) groups excluding carboxylic acids is 2. The van der Waals surface area contributed by atoms with Crippen LogP contribution in [0.3, 0.4) is 0 Å². The van der Waals surface area contributed by atoms with Gasteiger partial charge in [-0.05, 0) is 24.5 Å². The molecule has 1 saturated carbocycles. The molecule has 1 aliphatic rings. The van der Waals surface area contributed by atoms with Crippen molar-refractivity contribution in [2.45, 2.75) is 13.3 Å². The van der Waals surface area contributed by atoms with Crippen LogP contribution in [0.5, 0.6) is 11.5 Å². The Kier molecular flexibility index (Phi) is 5.11. The summed E-state index contributed by atoms with van der Waals surface area (Å²) in [6, 6.07) is 12.2. The van der Waals surface area contributed by atoms with Crippen LogP contribution in [0.4, 0.5) is 11.4 Å².